The van der Waals surface area contributed by atoms with E-state index >= 15 is 0 Å². The van der Waals surface area contributed by atoms with Crippen molar-refractivity contribution in [1.82, 2.24) is 4.98 Å². The largest absolute Gasteiger partial charge is 0.493 e. The molecule has 0 aliphatic carbocycles. The van der Waals surface area contributed by atoms with Crippen molar-refractivity contribution in [3.63, 3.8) is 0 Å². The number of nitrogens with zero attached hydrogens (tertiary/aromatic N) is 1. The molecule has 3 aromatic rings. The molecule has 0 radical (unpaired) electrons. The van der Waals surface area contributed by atoms with Gasteiger partial charge < -0.3 is 14.8 Å². The van der Waals surface area contributed by atoms with E-state index in [4.69, 9.17) is 9.47 Å². The number of amides is 2. The molecule has 11 heteroatoms. The fourth-order valence-corrected chi connectivity index (χ4v) is 4.00. The van der Waals surface area contributed by atoms with Crippen molar-refractivity contribution in [1.29, 1.82) is 0 Å². The molecule has 2 amide bonds. The zero-order valence-electron chi connectivity index (χ0n) is 23.7. The molecule has 1 heterocycles. The molecule has 8 nitrogen and oxygen atoms in total. The van der Waals surface area contributed by atoms with Crippen molar-refractivity contribution >= 4 is 29.2 Å². The maximum atomic E-state index is 13.8. The summed E-state index contributed by atoms with van der Waals surface area (Å²) in [5, 5.41) is 4.68. The SMILES string of the molecule is CCOc1cc(NC(=O)OC(C)(C)C)c(NC(=O)CC(=O)c2cccc(-c3cnc(C)cc3C)c2)cc1C(F)(F)F. The second-order valence-electron chi connectivity index (χ2n) is 10.3. The number of aryl methyl sites for hydroxylation is 2. The number of nitrogens with one attached hydrogen (secondary N) is 2. The summed E-state index contributed by atoms with van der Waals surface area (Å²) >= 11 is 0. The fourth-order valence-electron chi connectivity index (χ4n) is 4.00. The highest BCUT2D eigenvalue weighted by Gasteiger charge is 2.36. The number of carbonyl (C=O) groups is 3. The van der Waals surface area contributed by atoms with Gasteiger partial charge in [0.05, 0.1) is 30.0 Å². The molecule has 0 bridgehead atoms. The van der Waals surface area contributed by atoms with E-state index in [2.05, 4.69) is 15.6 Å². The van der Waals surface area contributed by atoms with Crippen molar-refractivity contribution in [3.8, 4) is 16.9 Å². The highest BCUT2D eigenvalue weighted by Crippen LogP contribution is 2.41. The molecule has 3 rings (SSSR count). The molecular weight excluding hydrogens is 539 g/mol. The number of halogens is 3. The Morgan fingerprint density at radius 1 is 0.951 bits per heavy atom. The summed E-state index contributed by atoms with van der Waals surface area (Å²) in [5.74, 6) is -1.97. The Bertz CT molecular complexity index is 1460. The Morgan fingerprint density at radius 2 is 1.63 bits per heavy atom. The predicted molar refractivity (Wildman–Crippen MR) is 149 cm³/mol. The van der Waals surface area contributed by atoms with E-state index in [1.807, 2.05) is 26.0 Å². The molecule has 0 unspecified atom stereocenters. The Kier molecular flexibility index (Phi) is 9.42. The van der Waals surface area contributed by atoms with Crippen LogP contribution in [-0.2, 0) is 15.7 Å². The van der Waals surface area contributed by atoms with Gasteiger partial charge in [0.1, 0.15) is 11.4 Å². The second-order valence-corrected chi connectivity index (χ2v) is 10.3. The third-order valence-corrected chi connectivity index (χ3v) is 5.70. The number of hydrogen-bond acceptors (Lipinski definition) is 6. The number of carbonyl (C=O) groups excluding carboxylic acids is 3. The molecule has 1 aromatic heterocycles. The number of benzene rings is 2. The van der Waals surface area contributed by atoms with Gasteiger partial charge >= 0.3 is 12.3 Å². The van der Waals surface area contributed by atoms with Gasteiger partial charge in [-0.3, -0.25) is 19.9 Å². The average molecular weight is 572 g/mol. The summed E-state index contributed by atoms with van der Waals surface area (Å²) in [5.41, 5.74) is 0.974. The first kappa shape index (κ1) is 31.1. The Balaban J connectivity index is 1.89. The molecule has 41 heavy (non-hydrogen) atoms. The van der Waals surface area contributed by atoms with E-state index in [-0.39, 0.29) is 23.5 Å². The molecule has 0 atom stereocenters. The van der Waals surface area contributed by atoms with Gasteiger partial charge in [0.15, 0.2) is 5.78 Å². The summed E-state index contributed by atoms with van der Waals surface area (Å²) in [6, 6.07) is 10.2. The number of pyridine rings is 1. The minimum absolute atomic E-state index is 0.0770. The van der Waals surface area contributed by atoms with Crippen molar-refractivity contribution in [2.24, 2.45) is 0 Å². The van der Waals surface area contributed by atoms with Gasteiger partial charge in [-0.15, -0.1) is 0 Å². The Hall–Kier alpha value is -4.41. The van der Waals surface area contributed by atoms with Crippen LogP contribution in [-0.4, -0.2) is 35.0 Å². The monoisotopic (exact) mass is 571 g/mol. The summed E-state index contributed by atoms with van der Waals surface area (Å²) in [7, 11) is 0. The minimum atomic E-state index is -4.83. The number of rotatable bonds is 8. The van der Waals surface area contributed by atoms with Gasteiger partial charge in [0, 0.05) is 29.1 Å². The summed E-state index contributed by atoms with van der Waals surface area (Å²) in [4.78, 5) is 42.6. The van der Waals surface area contributed by atoms with E-state index in [1.54, 1.807) is 45.2 Å². The van der Waals surface area contributed by atoms with Crippen molar-refractivity contribution in [2.45, 2.75) is 59.7 Å². The lowest BCUT2D eigenvalue weighted by Gasteiger charge is -2.22. The fraction of sp³-hybridized carbons (Fsp3) is 0.333. The van der Waals surface area contributed by atoms with Gasteiger partial charge in [0.25, 0.3) is 0 Å². The van der Waals surface area contributed by atoms with E-state index < -0.39 is 47.3 Å². The maximum Gasteiger partial charge on any atom is 0.420 e. The molecule has 0 saturated heterocycles. The summed E-state index contributed by atoms with van der Waals surface area (Å²) in [6.07, 6.45) is -4.74. The lowest BCUT2D eigenvalue weighted by molar-refractivity contribution is -0.138. The van der Waals surface area contributed by atoms with Crippen LogP contribution in [0.15, 0.2) is 48.7 Å². The molecule has 2 aromatic carbocycles. The molecule has 0 spiro atoms. The first-order valence-corrected chi connectivity index (χ1v) is 12.8. The molecule has 0 saturated carbocycles. The van der Waals surface area contributed by atoms with Crippen molar-refractivity contribution in [2.75, 3.05) is 17.2 Å². The number of ether oxygens (including phenoxy) is 2. The highest BCUT2D eigenvalue weighted by atomic mass is 19.4. The van der Waals surface area contributed by atoms with Crippen LogP contribution in [0.4, 0.5) is 29.3 Å². The Labute approximate surface area is 236 Å². The minimum Gasteiger partial charge on any atom is -0.493 e. The molecule has 0 aliphatic rings. The average Bonchev–Trinajstić information content (AvgIpc) is 2.83. The van der Waals surface area contributed by atoms with Crippen molar-refractivity contribution < 1.29 is 37.0 Å². The van der Waals surface area contributed by atoms with Crippen LogP contribution in [0.2, 0.25) is 0 Å². The predicted octanol–water partition coefficient (Wildman–Crippen LogP) is 7.34. The molecule has 218 valence electrons. The van der Waals surface area contributed by atoms with Gasteiger partial charge in [-0.2, -0.15) is 13.2 Å². The van der Waals surface area contributed by atoms with E-state index in [1.165, 1.54) is 6.92 Å². The van der Waals surface area contributed by atoms with Crippen LogP contribution in [0.25, 0.3) is 11.1 Å². The molecular formula is C30H32F3N3O5. The van der Waals surface area contributed by atoms with Gasteiger partial charge in [-0.05, 0) is 70.9 Å². The van der Waals surface area contributed by atoms with Crippen LogP contribution in [0.3, 0.4) is 0 Å². The van der Waals surface area contributed by atoms with E-state index in [9.17, 15) is 27.6 Å². The van der Waals surface area contributed by atoms with Crippen LogP contribution in [0.5, 0.6) is 5.75 Å². The number of aromatic nitrogens is 1. The van der Waals surface area contributed by atoms with Gasteiger partial charge in [0.2, 0.25) is 5.91 Å². The van der Waals surface area contributed by atoms with E-state index in [0.29, 0.717) is 6.07 Å². The number of anilines is 2. The van der Waals surface area contributed by atoms with Crippen LogP contribution in [0, 0.1) is 13.8 Å². The quantitative estimate of drug-likeness (QED) is 0.216. The summed E-state index contributed by atoms with van der Waals surface area (Å²) in [6.45, 7) is 10.1. The Morgan fingerprint density at radius 3 is 2.24 bits per heavy atom. The number of ketones is 1. The molecule has 0 fully saturated rings. The van der Waals surface area contributed by atoms with Crippen LogP contribution in [0.1, 0.15) is 61.3 Å². The first-order chi connectivity index (χ1) is 19.1. The maximum absolute atomic E-state index is 13.8. The lowest BCUT2D eigenvalue weighted by Crippen LogP contribution is -2.28. The zero-order valence-corrected chi connectivity index (χ0v) is 23.7. The molecule has 2 N–H and O–H groups in total. The van der Waals surface area contributed by atoms with Gasteiger partial charge in [-0.25, -0.2) is 4.79 Å². The van der Waals surface area contributed by atoms with E-state index in [0.717, 1.165) is 28.5 Å². The normalized spacial score (nSPS) is 11.5. The highest BCUT2D eigenvalue weighted by molar-refractivity contribution is 6.12. The third-order valence-electron chi connectivity index (χ3n) is 5.70. The zero-order chi connectivity index (χ0) is 30.5. The summed E-state index contributed by atoms with van der Waals surface area (Å²) < 4.78 is 51.8. The lowest BCUT2D eigenvalue weighted by atomic mass is 9.98. The van der Waals surface area contributed by atoms with Crippen LogP contribution < -0.4 is 15.4 Å². The van der Waals surface area contributed by atoms with Gasteiger partial charge in [-0.1, -0.05) is 18.2 Å². The number of Topliss-reactive ketones (excluding diaryl/α,β-unsaturated/α-hetero) is 1. The topological polar surface area (TPSA) is 107 Å². The standard InChI is InChI=1S/C30H32F3N3O5/c1-7-40-26-14-24(36-28(39)41-29(4,5)6)23(13-22(26)30(31,32)33)35-27(38)15-25(37)20-10-8-9-19(12-20)21-16-34-18(3)11-17(21)2/h8-14,16H,7,15H2,1-6H3,(H,35,38)(H,36,39). The second kappa shape index (κ2) is 12.4. The molecule has 0 aliphatic heterocycles. The third kappa shape index (κ3) is 8.54. The van der Waals surface area contributed by atoms with Crippen LogP contribution >= 0.6 is 0 Å². The number of hydrogen-bond donors (Lipinski definition) is 2. The van der Waals surface area contributed by atoms with Crippen molar-refractivity contribution in [3.05, 3.63) is 71.0 Å². The number of alkyl halides is 3. The first-order valence-electron chi connectivity index (χ1n) is 12.8. The smallest absolute Gasteiger partial charge is 0.420 e.